The maximum absolute atomic E-state index is 12.6. The van der Waals surface area contributed by atoms with Crippen LogP contribution >= 0.6 is 0 Å². The fourth-order valence-corrected chi connectivity index (χ4v) is 3.13. The number of hydrogen-bond acceptors (Lipinski definition) is 3. The molecule has 3 unspecified atom stereocenters. The van der Waals surface area contributed by atoms with E-state index in [1.807, 2.05) is 13.8 Å². The van der Waals surface area contributed by atoms with Crippen molar-refractivity contribution in [2.45, 2.75) is 70.6 Å². The standard InChI is InChI=1S/C15H28N2O2/c1-11(12(2)16)15(18)17(13-6-3-4-7-13)10-14-8-5-9-19-14/h11-14H,3-10,16H2,1-2H3. The molecule has 1 saturated carbocycles. The first-order valence-electron chi connectivity index (χ1n) is 7.77. The van der Waals surface area contributed by atoms with Crippen LogP contribution in [-0.2, 0) is 9.53 Å². The molecule has 4 nitrogen and oxygen atoms in total. The second kappa shape index (κ2) is 6.71. The SMILES string of the molecule is CC(N)C(C)C(=O)N(CC1CCCO1)C1CCCC1. The molecule has 110 valence electrons. The van der Waals surface area contributed by atoms with Gasteiger partial charge in [0.15, 0.2) is 0 Å². The Labute approximate surface area is 116 Å². The molecule has 1 saturated heterocycles. The first-order valence-corrected chi connectivity index (χ1v) is 7.77. The largest absolute Gasteiger partial charge is 0.376 e. The van der Waals surface area contributed by atoms with Gasteiger partial charge in [-0.15, -0.1) is 0 Å². The van der Waals surface area contributed by atoms with E-state index in [-0.39, 0.29) is 24.0 Å². The van der Waals surface area contributed by atoms with Crippen LogP contribution in [-0.4, -0.2) is 42.1 Å². The first kappa shape index (κ1) is 14.8. The van der Waals surface area contributed by atoms with E-state index in [1.165, 1.54) is 12.8 Å². The molecule has 1 amide bonds. The van der Waals surface area contributed by atoms with Crippen LogP contribution in [0, 0.1) is 5.92 Å². The second-order valence-corrected chi connectivity index (χ2v) is 6.21. The fraction of sp³-hybridized carbons (Fsp3) is 0.933. The lowest BCUT2D eigenvalue weighted by molar-refractivity contribution is -0.139. The summed E-state index contributed by atoms with van der Waals surface area (Å²) in [6.45, 7) is 5.48. The van der Waals surface area contributed by atoms with Crippen LogP contribution in [0.5, 0.6) is 0 Å². The monoisotopic (exact) mass is 268 g/mol. The predicted molar refractivity (Wildman–Crippen MR) is 75.8 cm³/mol. The lowest BCUT2D eigenvalue weighted by atomic mass is 10.0. The molecular weight excluding hydrogens is 240 g/mol. The zero-order valence-electron chi connectivity index (χ0n) is 12.3. The van der Waals surface area contributed by atoms with Gasteiger partial charge in [-0.05, 0) is 32.6 Å². The molecule has 19 heavy (non-hydrogen) atoms. The summed E-state index contributed by atoms with van der Waals surface area (Å²) >= 11 is 0. The Morgan fingerprint density at radius 1 is 1.26 bits per heavy atom. The number of carbonyl (C=O) groups is 1. The quantitative estimate of drug-likeness (QED) is 0.829. The molecule has 0 aromatic heterocycles. The molecule has 2 fully saturated rings. The summed E-state index contributed by atoms with van der Waals surface area (Å²) in [7, 11) is 0. The van der Waals surface area contributed by atoms with Crippen LogP contribution in [0.25, 0.3) is 0 Å². The number of rotatable bonds is 5. The molecule has 3 atom stereocenters. The second-order valence-electron chi connectivity index (χ2n) is 6.21. The molecule has 1 aliphatic heterocycles. The number of amides is 1. The third kappa shape index (κ3) is 3.69. The highest BCUT2D eigenvalue weighted by Crippen LogP contribution is 2.27. The van der Waals surface area contributed by atoms with Crippen molar-refractivity contribution in [1.29, 1.82) is 0 Å². The predicted octanol–water partition coefficient (Wildman–Crippen LogP) is 1.92. The molecule has 2 N–H and O–H groups in total. The Kier molecular flexibility index (Phi) is 5.22. The fourth-order valence-electron chi connectivity index (χ4n) is 3.13. The van der Waals surface area contributed by atoms with Gasteiger partial charge >= 0.3 is 0 Å². The highest BCUT2D eigenvalue weighted by atomic mass is 16.5. The van der Waals surface area contributed by atoms with Crippen molar-refractivity contribution in [1.82, 2.24) is 4.90 Å². The van der Waals surface area contributed by atoms with Gasteiger partial charge in [0, 0.05) is 25.2 Å². The minimum absolute atomic E-state index is 0.0825. The summed E-state index contributed by atoms with van der Waals surface area (Å²) in [6, 6.07) is 0.332. The highest BCUT2D eigenvalue weighted by molar-refractivity contribution is 5.79. The summed E-state index contributed by atoms with van der Waals surface area (Å²) in [6.07, 6.45) is 7.22. The van der Waals surface area contributed by atoms with Crippen molar-refractivity contribution in [3.63, 3.8) is 0 Å². The molecule has 0 radical (unpaired) electrons. The topological polar surface area (TPSA) is 55.6 Å². The van der Waals surface area contributed by atoms with E-state index in [1.54, 1.807) is 0 Å². The Balaban J connectivity index is 2.01. The summed E-state index contributed by atoms with van der Waals surface area (Å²) in [5, 5.41) is 0. The van der Waals surface area contributed by atoms with Crippen LogP contribution in [0.4, 0.5) is 0 Å². The summed E-state index contributed by atoms with van der Waals surface area (Å²) < 4.78 is 5.71. The summed E-state index contributed by atoms with van der Waals surface area (Å²) in [5.41, 5.74) is 5.90. The Hall–Kier alpha value is -0.610. The van der Waals surface area contributed by atoms with Crippen molar-refractivity contribution in [3.8, 4) is 0 Å². The van der Waals surface area contributed by atoms with Gasteiger partial charge in [-0.2, -0.15) is 0 Å². The third-order valence-electron chi connectivity index (χ3n) is 4.65. The van der Waals surface area contributed by atoms with Gasteiger partial charge in [-0.3, -0.25) is 4.79 Å². The average molecular weight is 268 g/mol. The highest BCUT2D eigenvalue weighted by Gasteiger charge is 2.33. The molecule has 2 aliphatic rings. The van der Waals surface area contributed by atoms with Gasteiger partial charge in [-0.1, -0.05) is 19.8 Å². The minimum Gasteiger partial charge on any atom is -0.376 e. The van der Waals surface area contributed by atoms with Crippen molar-refractivity contribution in [2.24, 2.45) is 11.7 Å². The number of ether oxygens (including phenoxy) is 1. The summed E-state index contributed by atoms with van der Waals surface area (Å²) in [4.78, 5) is 14.7. The Morgan fingerprint density at radius 2 is 1.95 bits per heavy atom. The van der Waals surface area contributed by atoms with Crippen LogP contribution in [0.2, 0.25) is 0 Å². The first-order chi connectivity index (χ1) is 9.09. The van der Waals surface area contributed by atoms with E-state index in [9.17, 15) is 4.79 Å². The zero-order valence-corrected chi connectivity index (χ0v) is 12.3. The third-order valence-corrected chi connectivity index (χ3v) is 4.65. The Morgan fingerprint density at radius 3 is 2.47 bits per heavy atom. The minimum atomic E-state index is -0.0954. The van der Waals surface area contributed by atoms with Gasteiger partial charge in [0.1, 0.15) is 0 Å². The van der Waals surface area contributed by atoms with Gasteiger partial charge in [0.05, 0.1) is 12.0 Å². The smallest absolute Gasteiger partial charge is 0.227 e. The Bertz CT molecular complexity index is 295. The van der Waals surface area contributed by atoms with E-state index < -0.39 is 0 Å². The van der Waals surface area contributed by atoms with Crippen LogP contribution in [0.3, 0.4) is 0 Å². The molecule has 1 aliphatic carbocycles. The van der Waals surface area contributed by atoms with E-state index in [2.05, 4.69) is 4.90 Å². The maximum Gasteiger partial charge on any atom is 0.227 e. The average Bonchev–Trinajstić information content (AvgIpc) is 3.06. The molecule has 1 heterocycles. The summed E-state index contributed by atoms with van der Waals surface area (Å²) in [5.74, 6) is 0.124. The number of carbonyl (C=O) groups excluding carboxylic acids is 1. The van der Waals surface area contributed by atoms with Crippen LogP contribution in [0.15, 0.2) is 0 Å². The lowest BCUT2D eigenvalue weighted by Crippen LogP contribution is -2.48. The van der Waals surface area contributed by atoms with Crippen molar-refractivity contribution in [2.75, 3.05) is 13.2 Å². The zero-order chi connectivity index (χ0) is 13.8. The van der Waals surface area contributed by atoms with E-state index in [0.717, 1.165) is 38.8 Å². The van der Waals surface area contributed by atoms with E-state index in [4.69, 9.17) is 10.5 Å². The molecule has 0 bridgehead atoms. The molecule has 4 heteroatoms. The maximum atomic E-state index is 12.6. The van der Waals surface area contributed by atoms with Crippen molar-refractivity contribution < 1.29 is 9.53 Å². The number of nitrogens with two attached hydrogens (primary N) is 1. The van der Waals surface area contributed by atoms with Crippen molar-refractivity contribution in [3.05, 3.63) is 0 Å². The molecule has 0 aromatic carbocycles. The van der Waals surface area contributed by atoms with E-state index in [0.29, 0.717) is 6.04 Å². The van der Waals surface area contributed by atoms with Crippen LogP contribution < -0.4 is 5.73 Å². The number of hydrogen-bond donors (Lipinski definition) is 1. The van der Waals surface area contributed by atoms with Crippen LogP contribution in [0.1, 0.15) is 52.4 Å². The molecular formula is C15H28N2O2. The van der Waals surface area contributed by atoms with Gasteiger partial charge in [-0.25, -0.2) is 0 Å². The molecule has 0 spiro atoms. The number of nitrogens with zero attached hydrogens (tertiary/aromatic N) is 1. The van der Waals surface area contributed by atoms with Gasteiger partial charge in [0.2, 0.25) is 5.91 Å². The molecule has 0 aromatic rings. The van der Waals surface area contributed by atoms with Gasteiger partial charge < -0.3 is 15.4 Å². The lowest BCUT2D eigenvalue weighted by Gasteiger charge is -2.34. The van der Waals surface area contributed by atoms with Crippen molar-refractivity contribution >= 4 is 5.91 Å². The molecule has 2 rings (SSSR count). The normalized spacial score (nSPS) is 27.4. The van der Waals surface area contributed by atoms with E-state index >= 15 is 0 Å². The van der Waals surface area contributed by atoms with Gasteiger partial charge in [0.25, 0.3) is 0 Å².